The molecule has 0 saturated carbocycles. The van der Waals surface area contributed by atoms with Crippen molar-refractivity contribution >= 4 is 27.3 Å². The molecule has 1 aromatic heterocycles. The second kappa shape index (κ2) is 8.32. The summed E-state index contributed by atoms with van der Waals surface area (Å²) in [6, 6.07) is 6.88. The van der Waals surface area contributed by atoms with Crippen LogP contribution in [0, 0.1) is 0 Å². The van der Waals surface area contributed by atoms with Crippen molar-refractivity contribution in [2.24, 2.45) is 0 Å². The molecule has 2 aromatic rings. The fourth-order valence-electron chi connectivity index (χ4n) is 3.78. The Morgan fingerprint density at radius 1 is 1.14 bits per heavy atom. The zero-order chi connectivity index (χ0) is 19.6. The van der Waals surface area contributed by atoms with E-state index < -0.39 is 10.0 Å². The maximum atomic E-state index is 13.0. The number of carbonyl (C=O) groups excluding carboxylic acids is 1. The van der Waals surface area contributed by atoms with Crippen molar-refractivity contribution in [2.45, 2.75) is 37.1 Å². The molecule has 1 aliphatic heterocycles. The number of benzene rings is 1. The SMILES string of the molecule is O=C(NCc1ccccc1S(=O)(=O)N1CCOCC1)c1csc2c1CCCC2. The number of nitrogens with one attached hydrogen (secondary N) is 1. The molecule has 1 amide bonds. The van der Waals surface area contributed by atoms with Crippen LogP contribution in [0.25, 0.3) is 0 Å². The van der Waals surface area contributed by atoms with Crippen molar-refractivity contribution in [1.29, 1.82) is 0 Å². The van der Waals surface area contributed by atoms with Gasteiger partial charge in [0.25, 0.3) is 5.91 Å². The summed E-state index contributed by atoms with van der Waals surface area (Å²) >= 11 is 1.65. The van der Waals surface area contributed by atoms with E-state index >= 15 is 0 Å². The summed E-state index contributed by atoms with van der Waals surface area (Å²) in [7, 11) is -3.60. The van der Waals surface area contributed by atoms with Gasteiger partial charge >= 0.3 is 0 Å². The van der Waals surface area contributed by atoms with Crippen LogP contribution < -0.4 is 5.32 Å². The summed E-state index contributed by atoms with van der Waals surface area (Å²) in [5.74, 6) is -0.127. The lowest BCUT2D eigenvalue weighted by Gasteiger charge is -2.27. The van der Waals surface area contributed by atoms with Crippen LogP contribution in [0.3, 0.4) is 0 Å². The largest absolute Gasteiger partial charge is 0.379 e. The van der Waals surface area contributed by atoms with Gasteiger partial charge in [-0.25, -0.2) is 8.42 Å². The predicted molar refractivity (Wildman–Crippen MR) is 108 cm³/mol. The van der Waals surface area contributed by atoms with Crippen LogP contribution in [-0.4, -0.2) is 44.9 Å². The lowest BCUT2D eigenvalue weighted by molar-refractivity contribution is 0.0730. The summed E-state index contributed by atoms with van der Waals surface area (Å²) in [6.45, 7) is 1.69. The van der Waals surface area contributed by atoms with Gasteiger partial charge in [-0.15, -0.1) is 11.3 Å². The average Bonchev–Trinajstić information content (AvgIpc) is 3.17. The van der Waals surface area contributed by atoms with Gasteiger partial charge in [-0.05, 0) is 42.9 Å². The third kappa shape index (κ3) is 3.87. The Bertz CT molecular complexity index is 962. The monoisotopic (exact) mass is 420 g/mol. The normalized spacial score (nSPS) is 17.9. The van der Waals surface area contributed by atoms with E-state index in [2.05, 4.69) is 5.32 Å². The molecule has 0 unspecified atom stereocenters. The molecule has 2 aliphatic rings. The molecule has 150 valence electrons. The molecule has 2 heterocycles. The minimum Gasteiger partial charge on any atom is -0.379 e. The predicted octanol–water partition coefficient (Wildman–Crippen LogP) is 2.58. The van der Waals surface area contributed by atoms with Gasteiger partial charge in [0, 0.05) is 29.9 Å². The molecule has 1 fully saturated rings. The number of morpholine rings is 1. The minimum absolute atomic E-state index is 0.127. The lowest BCUT2D eigenvalue weighted by atomic mass is 9.95. The molecule has 4 rings (SSSR count). The fraction of sp³-hybridized carbons (Fsp3) is 0.450. The second-order valence-corrected chi connectivity index (χ2v) is 9.94. The van der Waals surface area contributed by atoms with E-state index in [0.29, 0.717) is 31.9 Å². The number of nitrogens with zero attached hydrogens (tertiary/aromatic N) is 1. The van der Waals surface area contributed by atoms with Crippen molar-refractivity contribution in [3.63, 3.8) is 0 Å². The second-order valence-electron chi connectivity index (χ2n) is 7.07. The number of thiophene rings is 1. The summed E-state index contributed by atoms with van der Waals surface area (Å²) in [4.78, 5) is 14.3. The molecular formula is C20H24N2O4S2. The minimum atomic E-state index is -3.60. The fourth-order valence-corrected chi connectivity index (χ4v) is 6.54. The summed E-state index contributed by atoms with van der Waals surface area (Å²) < 4.78 is 32.8. The van der Waals surface area contributed by atoms with E-state index in [1.54, 1.807) is 35.6 Å². The first-order valence-electron chi connectivity index (χ1n) is 9.60. The molecular weight excluding hydrogens is 396 g/mol. The maximum Gasteiger partial charge on any atom is 0.252 e. The smallest absolute Gasteiger partial charge is 0.252 e. The zero-order valence-corrected chi connectivity index (χ0v) is 17.3. The number of hydrogen-bond donors (Lipinski definition) is 1. The van der Waals surface area contributed by atoms with Gasteiger partial charge in [-0.3, -0.25) is 4.79 Å². The third-order valence-electron chi connectivity index (χ3n) is 5.31. The first-order chi connectivity index (χ1) is 13.6. The Labute approximate surface area is 169 Å². The molecule has 1 aromatic carbocycles. The molecule has 1 saturated heterocycles. The van der Waals surface area contributed by atoms with Crippen molar-refractivity contribution in [2.75, 3.05) is 26.3 Å². The molecule has 1 aliphatic carbocycles. The molecule has 6 nitrogen and oxygen atoms in total. The Balaban J connectivity index is 1.51. The van der Waals surface area contributed by atoms with Crippen LogP contribution in [0.1, 0.15) is 39.2 Å². The van der Waals surface area contributed by atoms with E-state index in [1.807, 2.05) is 5.38 Å². The quantitative estimate of drug-likeness (QED) is 0.807. The van der Waals surface area contributed by atoms with Crippen LogP contribution in [0.2, 0.25) is 0 Å². The van der Waals surface area contributed by atoms with E-state index in [4.69, 9.17) is 4.74 Å². The molecule has 0 bridgehead atoms. The first kappa shape index (κ1) is 19.6. The van der Waals surface area contributed by atoms with Gasteiger partial charge in [0.15, 0.2) is 0 Å². The third-order valence-corrected chi connectivity index (χ3v) is 8.39. The van der Waals surface area contributed by atoms with Crippen molar-refractivity contribution < 1.29 is 17.9 Å². The van der Waals surface area contributed by atoms with Crippen LogP contribution in [0.5, 0.6) is 0 Å². The van der Waals surface area contributed by atoms with Crippen LogP contribution >= 0.6 is 11.3 Å². The van der Waals surface area contributed by atoms with E-state index in [9.17, 15) is 13.2 Å². The van der Waals surface area contributed by atoms with E-state index in [-0.39, 0.29) is 17.3 Å². The number of fused-ring (bicyclic) bond motifs is 1. The number of amides is 1. The van der Waals surface area contributed by atoms with Gasteiger partial charge in [0.05, 0.1) is 23.7 Å². The van der Waals surface area contributed by atoms with Crippen molar-refractivity contribution in [3.8, 4) is 0 Å². The summed E-state index contributed by atoms with van der Waals surface area (Å²) in [5.41, 5.74) is 2.52. The highest BCUT2D eigenvalue weighted by Gasteiger charge is 2.28. The number of ether oxygens (including phenoxy) is 1. The number of sulfonamides is 1. The van der Waals surface area contributed by atoms with Gasteiger partial charge in [-0.2, -0.15) is 4.31 Å². The van der Waals surface area contributed by atoms with Gasteiger partial charge < -0.3 is 10.1 Å². The Hall–Kier alpha value is -1.74. The number of rotatable bonds is 5. The zero-order valence-electron chi connectivity index (χ0n) is 15.6. The van der Waals surface area contributed by atoms with E-state index in [0.717, 1.165) is 24.8 Å². The average molecular weight is 421 g/mol. The van der Waals surface area contributed by atoms with E-state index in [1.165, 1.54) is 21.2 Å². The van der Waals surface area contributed by atoms with Gasteiger partial charge in [0.2, 0.25) is 10.0 Å². The van der Waals surface area contributed by atoms with Gasteiger partial charge in [-0.1, -0.05) is 18.2 Å². The highest BCUT2D eigenvalue weighted by molar-refractivity contribution is 7.89. The molecule has 0 spiro atoms. The Kier molecular flexibility index (Phi) is 5.82. The number of carbonyl (C=O) groups is 1. The highest BCUT2D eigenvalue weighted by atomic mass is 32.2. The standard InChI is InChI=1S/C20H24N2O4S2/c23-20(17-14-27-18-7-3-2-6-16(17)18)21-13-15-5-1-4-8-19(15)28(24,25)22-9-11-26-12-10-22/h1,4-5,8,14H,2-3,6-7,9-13H2,(H,21,23). The molecule has 8 heteroatoms. The number of hydrogen-bond acceptors (Lipinski definition) is 5. The van der Waals surface area contributed by atoms with Crippen LogP contribution in [0.4, 0.5) is 0 Å². The molecule has 0 atom stereocenters. The topological polar surface area (TPSA) is 75.7 Å². The Morgan fingerprint density at radius 3 is 2.71 bits per heavy atom. The highest BCUT2D eigenvalue weighted by Crippen LogP contribution is 2.30. The van der Waals surface area contributed by atoms with Crippen molar-refractivity contribution in [1.82, 2.24) is 9.62 Å². The lowest BCUT2D eigenvalue weighted by Crippen LogP contribution is -2.41. The van der Waals surface area contributed by atoms with Gasteiger partial charge in [0.1, 0.15) is 0 Å². The first-order valence-corrected chi connectivity index (χ1v) is 11.9. The van der Waals surface area contributed by atoms with Crippen LogP contribution in [0.15, 0.2) is 34.5 Å². The molecule has 28 heavy (non-hydrogen) atoms. The molecule has 1 N–H and O–H groups in total. The summed E-state index contributed by atoms with van der Waals surface area (Å²) in [5, 5.41) is 4.86. The summed E-state index contributed by atoms with van der Waals surface area (Å²) in [6.07, 6.45) is 4.30. The van der Waals surface area contributed by atoms with Crippen LogP contribution in [-0.2, 0) is 34.1 Å². The Morgan fingerprint density at radius 2 is 1.89 bits per heavy atom. The number of aryl methyl sites for hydroxylation is 1. The molecule has 0 radical (unpaired) electrons. The van der Waals surface area contributed by atoms with Crippen molar-refractivity contribution in [3.05, 3.63) is 51.2 Å². The maximum absolute atomic E-state index is 13.0.